The van der Waals surface area contributed by atoms with E-state index in [-0.39, 0.29) is 16.5 Å². The number of hydrogen-bond acceptors (Lipinski definition) is 3. The number of carboxylic acid groups (broad SMARTS) is 1. The second kappa shape index (κ2) is 4.39. The highest BCUT2D eigenvalue weighted by molar-refractivity contribution is 6.32. The van der Waals surface area contributed by atoms with Gasteiger partial charge in [-0.2, -0.15) is 0 Å². The summed E-state index contributed by atoms with van der Waals surface area (Å²) in [5.74, 6) is -1.18. The van der Waals surface area contributed by atoms with E-state index >= 15 is 0 Å². The fraction of sp³-hybridized carbons (Fsp3) is 0.250. The SMILES string of the molecule is Nc1c(C(F)F)cc(CC(=O)O)nc1Cl. The van der Waals surface area contributed by atoms with Crippen LogP contribution < -0.4 is 5.73 Å². The predicted octanol–water partition coefficient (Wildman–Crippen LogP) is 1.88. The molecule has 15 heavy (non-hydrogen) atoms. The van der Waals surface area contributed by atoms with E-state index in [9.17, 15) is 13.6 Å². The number of alkyl halides is 2. The molecule has 4 nitrogen and oxygen atoms in total. The van der Waals surface area contributed by atoms with Crippen LogP contribution in [-0.2, 0) is 11.2 Å². The molecule has 0 spiro atoms. The lowest BCUT2D eigenvalue weighted by molar-refractivity contribution is -0.136. The van der Waals surface area contributed by atoms with Crippen LogP contribution in [0.1, 0.15) is 17.7 Å². The summed E-state index contributed by atoms with van der Waals surface area (Å²) in [5.41, 5.74) is 4.40. The summed E-state index contributed by atoms with van der Waals surface area (Å²) in [5, 5.41) is 8.15. The fourth-order valence-electron chi connectivity index (χ4n) is 1.02. The Bertz CT molecular complexity index is 398. The molecule has 1 aromatic rings. The second-order valence-corrected chi connectivity index (χ2v) is 3.14. The number of nitrogen functional groups attached to an aromatic ring is 1. The van der Waals surface area contributed by atoms with Gasteiger partial charge in [0, 0.05) is 5.56 Å². The zero-order chi connectivity index (χ0) is 11.6. The van der Waals surface area contributed by atoms with Crippen LogP contribution in [0.3, 0.4) is 0 Å². The van der Waals surface area contributed by atoms with Gasteiger partial charge in [-0.1, -0.05) is 11.6 Å². The van der Waals surface area contributed by atoms with Crippen LogP contribution in [0.2, 0.25) is 5.15 Å². The first kappa shape index (κ1) is 11.6. The Morgan fingerprint density at radius 1 is 1.67 bits per heavy atom. The van der Waals surface area contributed by atoms with Crippen LogP contribution in [0.15, 0.2) is 6.07 Å². The third-order valence-corrected chi connectivity index (χ3v) is 1.95. The molecule has 1 aromatic heterocycles. The number of carbonyl (C=O) groups is 1. The van der Waals surface area contributed by atoms with Crippen molar-refractivity contribution in [2.24, 2.45) is 0 Å². The molecule has 3 N–H and O–H groups in total. The number of hydrogen-bond donors (Lipinski definition) is 2. The fourth-order valence-corrected chi connectivity index (χ4v) is 1.24. The van der Waals surface area contributed by atoms with Gasteiger partial charge in [0.1, 0.15) is 0 Å². The average Bonchev–Trinajstić information content (AvgIpc) is 2.09. The van der Waals surface area contributed by atoms with Gasteiger partial charge < -0.3 is 10.8 Å². The van der Waals surface area contributed by atoms with E-state index in [0.717, 1.165) is 6.07 Å². The van der Waals surface area contributed by atoms with Crippen molar-refractivity contribution >= 4 is 23.3 Å². The number of aliphatic carboxylic acids is 1. The van der Waals surface area contributed by atoms with E-state index in [4.69, 9.17) is 22.4 Å². The Balaban J connectivity index is 3.17. The summed E-state index contributed by atoms with van der Waals surface area (Å²) in [4.78, 5) is 13.9. The molecule has 1 rings (SSSR count). The number of pyridine rings is 1. The maximum Gasteiger partial charge on any atom is 0.309 e. The highest BCUT2D eigenvalue weighted by atomic mass is 35.5. The van der Waals surface area contributed by atoms with E-state index in [1.807, 2.05) is 0 Å². The molecule has 0 amide bonds. The molecule has 0 aliphatic heterocycles. The Morgan fingerprint density at radius 2 is 2.27 bits per heavy atom. The summed E-state index contributed by atoms with van der Waals surface area (Å²) in [6, 6.07) is 0.944. The molecule has 82 valence electrons. The molecule has 0 unspecified atom stereocenters. The van der Waals surface area contributed by atoms with Crippen molar-refractivity contribution in [3.63, 3.8) is 0 Å². The summed E-state index contributed by atoms with van der Waals surface area (Å²) >= 11 is 5.48. The highest BCUT2D eigenvalue weighted by Crippen LogP contribution is 2.30. The van der Waals surface area contributed by atoms with Crippen LogP contribution in [-0.4, -0.2) is 16.1 Å². The lowest BCUT2D eigenvalue weighted by Crippen LogP contribution is -2.06. The third-order valence-electron chi connectivity index (χ3n) is 1.66. The topological polar surface area (TPSA) is 76.2 Å². The normalized spacial score (nSPS) is 10.7. The van der Waals surface area contributed by atoms with Gasteiger partial charge >= 0.3 is 5.97 Å². The van der Waals surface area contributed by atoms with Gasteiger partial charge in [-0.05, 0) is 6.07 Å². The van der Waals surface area contributed by atoms with Gasteiger partial charge in [0.05, 0.1) is 17.8 Å². The van der Waals surface area contributed by atoms with Crippen molar-refractivity contribution < 1.29 is 18.7 Å². The molecular formula is C8H7ClF2N2O2. The van der Waals surface area contributed by atoms with E-state index in [0.29, 0.717) is 0 Å². The third kappa shape index (κ3) is 2.76. The Kier molecular flexibility index (Phi) is 3.41. The summed E-state index contributed by atoms with van der Waals surface area (Å²) in [7, 11) is 0. The molecule has 0 aliphatic carbocycles. The Hall–Kier alpha value is -1.43. The first-order chi connectivity index (χ1) is 6.91. The predicted molar refractivity (Wildman–Crippen MR) is 50.0 cm³/mol. The summed E-state index contributed by atoms with van der Waals surface area (Å²) < 4.78 is 24.8. The number of anilines is 1. The molecule has 0 aliphatic rings. The molecule has 0 saturated carbocycles. The number of rotatable bonds is 3. The Labute approximate surface area is 88.7 Å². The van der Waals surface area contributed by atoms with Gasteiger partial charge in [0.15, 0.2) is 5.15 Å². The minimum atomic E-state index is -2.81. The lowest BCUT2D eigenvalue weighted by Gasteiger charge is -2.07. The number of carboxylic acids is 1. The van der Waals surface area contributed by atoms with E-state index in [1.54, 1.807) is 0 Å². The van der Waals surface area contributed by atoms with E-state index < -0.39 is 24.4 Å². The lowest BCUT2D eigenvalue weighted by atomic mass is 10.1. The van der Waals surface area contributed by atoms with Gasteiger partial charge in [-0.25, -0.2) is 13.8 Å². The summed E-state index contributed by atoms with van der Waals surface area (Å²) in [6.07, 6.45) is -3.28. The number of aromatic nitrogens is 1. The molecular weight excluding hydrogens is 230 g/mol. The zero-order valence-corrected chi connectivity index (χ0v) is 8.13. The molecule has 0 aromatic carbocycles. The van der Waals surface area contributed by atoms with Crippen LogP contribution in [0.25, 0.3) is 0 Å². The first-order valence-corrected chi connectivity index (χ1v) is 4.24. The van der Waals surface area contributed by atoms with Gasteiger partial charge in [-0.3, -0.25) is 4.79 Å². The van der Waals surface area contributed by atoms with Crippen LogP contribution in [0, 0.1) is 0 Å². The zero-order valence-electron chi connectivity index (χ0n) is 7.38. The van der Waals surface area contributed by atoms with Gasteiger partial charge in [0.25, 0.3) is 6.43 Å². The smallest absolute Gasteiger partial charge is 0.309 e. The maximum atomic E-state index is 12.4. The van der Waals surface area contributed by atoms with Gasteiger partial charge in [0.2, 0.25) is 0 Å². The summed E-state index contributed by atoms with van der Waals surface area (Å²) in [6.45, 7) is 0. The van der Waals surface area contributed by atoms with Crippen LogP contribution in [0.5, 0.6) is 0 Å². The Morgan fingerprint density at radius 3 is 2.73 bits per heavy atom. The van der Waals surface area contributed by atoms with Crippen molar-refractivity contribution in [2.75, 3.05) is 5.73 Å². The minimum Gasteiger partial charge on any atom is -0.481 e. The van der Waals surface area contributed by atoms with Crippen molar-refractivity contribution in [3.8, 4) is 0 Å². The van der Waals surface area contributed by atoms with Crippen molar-refractivity contribution in [2.45, 2.75) is 12.8 Å². The van der Waals surface area contributed by atoms with Gasteiger partial charge in [-0.15, -0.1) is 0 Å². The van der Waals surface area contributed by atoms with Crippen molar-refractivity contribution in [3.05, 3.63) is 22.5 Å². The quantitative estimate of drug-likeness (QED) is 0.786. The standard InChI is InChI=1S/C8H7ClF2N2O2/c9-7-6(12)4(8(10)11)1-3(13-7)2-5(14)15/h1,8H,2,12H2,(H,14,15). The maximum absolute atomic E-state index is 12.4. The molecule has 1 heterocycles. The molecule has 0 radical (unpaired) electrons. The molecule has 0 atom stereocenters. The van der Waals surface area contributed by atoms with E-state index in [2.05, 4.69) is 4.98 Å². The number of nitrogens with zero attached hydrogens (tertiary/aromatic N) is 1. The monoisotopic (exact) mass is 236 g/mol. The second-order valence-electron chi connectivity index (χ2n) is 2.78. The molecule has 7 heteroatoms. The molecule has 0 bridgehead atoms. The van der Waals surface area contributed by atoms with Crippen LogP contribution >= 0.6 is 11.6 Å². The van der Waals surface area contributed by atoms with Crippen molar-refractivity contribution in [1.82, 2.24) is 4.98 Å². The van der Waals surface area contributed by atoms with Crippen molar-refractivity contribution in [1.29, 1.82) is 0 Å². The largest absolute Gasteiger partial charge is 0.481 e. The number of halogens is 3. The first-order valence-electron chi connectivity index (χ1n) is 3.86. The van der Waals surface area contributed by atoms with Crippen LogP contribution in [0.4, 0.5) is 14.5 Å². The minimum absolute atomic E-state index is 0.0444. The van der Waals surface area contributed by atoms with E-state index in [1.165, 1.54) is 0 Å². The molecule has 0 fully saturated rings. The molecule has 0 saturated heterocycles. The highest BCUT2D eigenvalue weighted by Gasteiger charge is 2.17. The average molecular weight is 237 g/mol. The number of nitrogens with two attached hydrogens (primary N) is 1.